The highest BCUT2D eigenvalue weighted by Crippen LogP contribution is 2.30. The molecule has 0 unspecified atom stereocenters. The summed E-state index contributed by atoms with van der Waals surface area (Å²) in [5, 5.41) is 10.3. The molecule has 3 aromatic rings. The smallest absolute Gasteiger partial charge is 0.155 e. The Bertz CT molecular complexity index is 781. The number of halogens is 1. The second kappa shape index (κ2) is 3.57. The molecule has 0 saturated carbocycles. The number of aryl methyl sites for hydroxylation is 1. The lowest BCUT2D eigenvalue weighted by Crippen LogP contribution is -1.96. The number of fused-ring (bicyclic) bond motifs is 3. The molecule has 4 heteroatoms. The van der Waals surface area contributed by atoms with Crippen LogP contribution < -0.4 is 0 Å². The Hall–Kier alpha value is -1.86. The van der Waals surface area contributed by atoms with E-state index in [1.165, 1.54) is 0 Å². The largest absolute Gasteiger partial charge is 0.297 e. The van der Waals surface area contributed by atoms with Gasteiger partial charge in [-0.05, 0) is 34.5 Å². The first kappa shape index (κ1) is 10.3. The summed E-state index contributed by atoms with van der Waals surface area (Å²) < 4.78 is 2.95. The summed E-state index contributed by atoms with van der Waals surface area (Å²) in [6.45, 7) is 1.96. The van der Waals surface area contributed by atoms with Crippen LogP contribution in [0.3, 0.4) is 0 Å². The minimum atomic E-state index is 0.639. The lowest BCUT2D eigenvalue weighted by molar-refractivity contribution is 1.22. The molecule has 0 radical (unpaired) electrons. The normalized spacial score (nSPS) is 10.9. The van der Waals surface area contributed by atoms with E-state index in [9.17, 15) is 5.26 Å². The van der Waals surface area contributed by atoms with Gasteiger partial charge in [0.15, 0.2) is 5.65 Å². The van der Waals surface area contributed by atoms with Crippen LogP contribution in [0.15, 0.2) is 35.1 Å². The van der Waals surface area contributed by atoms with E-state index in [2.05, 4.69) is 27.0 Å². The number of imidazole rings is 1. The molecule has 0 saturated heterocycles. The molecule has 0 bridgehead atoms. The van der Waals surface area contributed by atoms with Crippen molar-refractivity contribution < 1.29 is 0 Å². The fraction of sp³-hybridized carbons (Fsp3) is 0.0769. The molecule has 1 aromatic carbocycles. The van der Waals surface area contributed by atoms with Crippen molar-refractivity contribution in [1.29, 1.82) is 5.26 Å². The van der Waals surface area contributed by atoms with E-state index in [0.717, 1.165) is 20.9 Å². The van der Waals surface area contributed by atoms with E-state index in [0.29, 0.717) is 11.2 Å². The highest BCUT2D eigenvalue weighted by molar-refractivity contribution is 9.10. The molecule has 17 heavy (non-hydrogen) atoms. The fourth-order valence-corrected chi connectivity index (χ4v) is 2.73. The van der Waals surface area contributed by atoms with E-state index < -0.39 is 0 Å². The molecule has 0 N–H and O–H groups in total. The maximum Gasteiger partial charge on any atom is 0.155 e. The summed E-state index contributed by atoms with van der Waals surface area (Å²) in [4.78, 5) is 4.26. The summed E-state index contributed by atoms with van der Waals surface area (Å²) in [5.41, 5.74) is 3.38. The van der Waals surface area contributed by atoms with Crippen molar-refractivity contribution in [2.24, 2.45) is 0 Å². The molecule has 2 aromatic heterocycles. The van der Waals surface area contributed by atoms with Gasteiger partial charge in [-0.3, -0.25) is 4.40 Å². The molecule has 0 atom stereocenters. The van der Waals surface area contributed by atoms with Gasteiger partial charge in [0.25, 0.3) is 0 Å². The van der Waals surface area contributed by atoms with Crippen molar-refractivity contribution in [2.75, 3.05) is 0 Å². The molecular formula is C13H8BrN3. The standard InChI is InChI=1S/C13H8BrN3/c1-8-9-3-2-4-11(14)12(9)17-6-5-16-13(17)10(8)7-15/h2-6H,1H3. The zero-order valence-corrected chi connectivity index (χ0v) is 10.7. The van der Waals surface area contributed by atoms with Gasteiger partial charge in [-0.15, -0.1) is 0 Å². The van der Waals surface area contributed by atoms with Gasteiger partial charge in [0.05, 0.1) is 11.1 Å². The maximum atomic E-state index is 9.25. The van der Waals surface area contributed by atoms with Crippen LogP contribution in [0.5, 0.6) is 0 Å². The molecule has 0 aliphatic rings. The monoisotopic (exact) mass is 285 g/mol. The Morgan fingerprint density at radius 2 is 2.24 bits per heavy atom. The summed E-state index contributed by atoms with van der Waals surface area (Å²) in [5.74, 6) is 0. The van der Waals surface area contributed by atoms with Crippen LogP contribution in [0.25, 0.3) is 16.6 Å². The number of hydrogen-bond acceptors (Lipinski definition) is 2. The number of aromatic nitrogens is 2. The predicted molar refractivity (Wildman–Crippen MR) is 69.9 cm³/mol. The number of rotatable bonds is 0. The van der Waals surface area contributed by atoms with Gasteiger partial charge >= 0.3 is 0 Å². The van der Waals surface area contributed by atoms with Gasteiger partial charge in [-0.2, -0.15) is 5.26 Å². The molecule has 0 aliphatic carbocycles. The molecule has 82 valence electrons. The minimum Gasteiger partial charge on any atom is -0.297 e. The van der Waals surface area contributed by atoms with Crippen molar-refractivity contribution in [3.05, 3.63) is 46.2 Å². The van der Waals surface area contributed by atoms with Crippen LogP contribution in [0, 0.1) is 18.3 Å². The zero-order chi connectivity index (χ0) is 12.0. The van der Waals surface area contributed by atoms with E-state index in [1.54, 1.807) is 6.20 Å². The highest BCUT2D eigenvalue weighted by Gasteiger charge is 2.13. The van der Waals surface area contributed by atoms with E-state index >= 15 is 0 Å². The van der Waals surface area contributed by atoms with Crippen LogP contribution in [0.1, 0.15) is 11.1 Å². The molecule has 0 amide bonds. The summed E-state index contributed by atoms with van der Waals surface area (Å²) in [7, 11) is 0. The zero-order valence-electron chi connectivity index (χ0n) is 9.11. The summed E-state index contributed by atoms with van der Waals surface area (Å²) in [6.07, 6.45) is 3.59. The van der Waals surface area contributed by atoms with Crippen LogP contribution in [-0.2, 0) is 0 Å². The second-order valence-electron chi connectivity index (χ2n) is 3.87. The number of pyridine rings is 1. The third-order valence-corrected chi connectivity index (χ3v) is 3.62. The lowest BCUT2D eigenvalue weighted by atomic mass is 10.1. The third-order valence-electron chi connectivity index (χ3n) is 2.98. The molecule has 0 aliphatic heterocycles. The fourth-order valence-electron chi connectivity index (χ4n) is 2.17. The molecule has 3 rings (SSSR count). The van der Waals surface area contributed by atoms with Gasteiger partial charge < -0.3 is 0 Å². The van der Waals surface area contributed by atoms with Crippen molar-refractivity contribution in [3.63, 3.8) is 0 Å². The second-order valence-corrected chi connectivity index (χ2v) is 4.72. The molecule has 0 fully saturated rings. The summed E-state index contributed by atoms with van der Waals surface area (Å²) in [6, 6.07) is 8.23. The quantitative estimate of drug-likeness (QED) is 0.635. The number of nitrogens with zero attached hydrogens (tertiary/aromatic N) is 3. The van der Waals surface area contributed by atoms with Gasteiger partial charge in [-0.1, -0.05) is 12.1 Å². The lowest BCUT2D eigenvalue weighted by Gasteiger charge is -2.09. The van der Waals surface area contributed by atoms with Crippen molar-refractivity contribution in [3.8, 4) is 6.07 Å². The molecule has 2 heterocycles. The number of nitriles is 1. The number of hydrogen-bond donors (Lipinski definition) is 0. The number of para-hydroxylation sites is 1. The van der Waals surface area contributed by atoms with Gasteiger partial charge in [0.2, 0.25) is 0 Å². The first-order valence-corrected chi connectivity index (χ1v) is 5.97. The topological polar surface area (TPSA) is 41.1 Å². The molecular weight excluding hydrogens is 278 g/mol. The third kappa shape index (κ3) is 1.29. The Balaban J connectivity index is 2.73. The molecule has 3 nitrogen and oxygen atoms in total. The van der Waals surface area contributed by atoms with Crippen LogP contribution in [-0.4, -0.2) is 9.38 Å². The van der Waals surface area contributed by atoms with Crippen LogP contribution in [0.4, 0.5) is 0 Å². The molecule has 0 spiro atoms. The van der Waals surface area contributed by atoms with Gasteiger partial charge in [0.1, 0.15) is 6.07 Å². The Labute approximate surface area is 106 Å². The van der Waals surface area contributed by atoms with Crippen molar-refractivity contribution in [1.82, 2.24) is 9.38 Å². The van der Waals surface area contributed by atoms with E-state index in [1.807, 2.05) is 35.7 Å². The number of benzene rings is 1. The maximum absolute atomic E-state index is 9.25. The first-order valence-electron chi connectivity index (χ1n) is 5.18. The van der Waals surface area contributed by atoms with Crippen molar-refractivity contribution >= 4 is 32.5 Å². The van der Waals surface area contributed by atoms with E-state index in [-0.39, 0.29) is 0 Å². The first-order chi connectivity index (χ1) is 8.24. The summed E-state index contributed by atoms with van der Waals surface area (Å²) >= 11 is 3.55. The van der Waals surface area contributed by atoms with Crippen molar-refractivity contribution in [2.45, 2.75) is 6.92 Å². The Morgan fingerprint density at radius 1 is 1.41 bits per heavy atom. The SMILES string of the molecule is Cc1c(C#N)c2nccn2c2c(Br)cccc12. The average molecular weight is 286 g/mol. The highest BCUT2D eigenvalue weighted by atomic mass is 79.9. The predicted octanol–water partition coefficient (Wildman–Crippen LogP) is 3.43. The van der Waals surface area contributed by atoms with Gasteiger partial charge in [0, 0.05) is 22.3 Å². The Morgan fingerprint density at radius 3 is 3.00 bits per heavy atom. The Kier molecular flexibility index (Phi) is 2.17. The van der Waals surface area contributed by atoms with E-state index in [4.69, 9.17) is 0 Å². The average Bonchev–Trinajstić information content (AvgIpc) is 2.78. The minimum absolute atomic E-state index is 0.639. The van der Waals surface area contributed by atoms with Gasteiger partial charge in [-0.25, -0.2) is 4.98 Å². The van der Waals surface area contributed by atoms with Crippen LogP contribution in [0.2, 0.25) is 0 Å². The van der Waals surface area contributed by atoms with Crippen LogP contribution >= 0.6 is 15.9 Å².